The molecule has 3 aromatic rings. The molecule has 0 spiro atoms. The number of nitrogens with one attached hydrogen (secondary N) is 1. The minimum atomic E-state index is -0.203. The highest BCUT2D eigenvalue weighted by molar-refractivity contribution is 5.92. The number of carbonyl (C=O) groups excluding carboxylic acids is 1. The maximum atomic E-state index is 12.4. The minimum absolute atomic E-state index is 0.0428. The first kappa shape index (κ1) is 21.8. The molecule has 1 aliphatic rings. The average molecular weight is 431 g/mol. The van der Waals surface area contributed by atoms with Crippen LogP contribution >= 0.6 is 0 Å². The van der Waals surface area contributed by atoms with E-state index in [1.807, 2.05) is 68.4 Å². The largest absolute Gasteiger partial charge is 0.483 e. The number of benzene rings is 2. The van der Waals surface area contributed by atoms with E-state index in [4.69, 9.17) is 4.74 Å². The quantitative estimate of drug-likeness (QED) is 0.585. The Balaban J connectivity index is 1.38. The zero-order chi connectivity index (χ0) is 22.3. The lowest BCUT2D eigenvalue weighted by molar-refractivity contribution is -0.118. The van der Waals surface area contributed by atoms with E-state index in [9.17, 15) is 4.79 Å². The number of ether oxygens (including phenoxy) is 1. The van der Waals surface area contributed by atoms with Crippen LogP contribution in [0.3, 0.4) is 0 Å². The van der Waals surface area contributed by atoms with Gasteiger partial charge in [0.1, 0.15) is 5.75 Å². The molecule has 0 atom stereocenters. The van der Waals surface area contributed by atoms with Gasteiger partial charge >= 0.3 is 0 Å². The fourth-order valence-electron chi connectivity index (χ4n) is 3.91. The Labute approximate surface area is 189 Å². The lowest BCUT2D eigenvalue weighted by Crippen LogP contribution is -2.25. The maximum absolute atomic E-state index is 12.4. The molecule has 166 valence electrons. The van der Waals surface area contributed by atoms with Gasteiger partial charge in [0.2, 0.25) is 0 Å². The zero-order valence-corrected chi connectivity index (χ0v) is 18.8. The molecule has 1 amide bonds. The van der Waals surface area contributed by atoms with Crippen LogP contribution in [-0.4, -0.2) is 35.8 Å². The van der Waals surface area contributed by atoms with E-state index in [0.29, 0.717) is 5.69 Å². The molecule has 6 heteroatoms. The Bertz CT molecular complexity index is 1060. The minimum Gasteiger partial charge on any atom is -0.483 e. The van der Waals surface area contributed by atoms with Gasteiger partial charge in [-0.15, -0.1) is 10.2 Å². The highest BCUT2D eigenvalue weighted by Gasteiger charge is 2.12. The van der Waals surface area contributed by atoms with Crippen LogP contribution in [0.25, 0.3) is 11.3 Å². The van der Waals surface area contributed by atoms with Crippen molar-refractivity contribution < 1.29 is 9.53 Å². The lowest BCUT2D eigenvalue weighted by Gasteiger charge is -2.20. The van der Waals surface area contributed by atoms with E-state index in [-0.39, 0.29) is 12.5 Å². The predicted molar refractivity (Wildman–Crippen MR) is 128 cm³/mol. The highest BCUT2D eigenvalue weighted by atomic mass is 16.5. The standard InChI is InChI=1S/C26H30N4O2/c1-19-10-11-20(2)24(16-19)32-18-26(31)27-22-9-7-8-21(17-22)23-12-13-25(29-28-23)30-14-5-3-4-6-15-30/h7-13,16-17H,3-6,14-15,18H2,1-2H3,(H,27,31). The molecule has 1 aliphatic heterocycles. The fourth-order valence-corrected chi connectivity index (χ4v) is 3.91. The Morgan fingerprint density at radius 1 is 0.969 bits per heavy atom. The molecule has 2 heterocycles. The van der Waals surface area contributed by atoms with Crippen molar-refractivity contribution in [3.63, 3.8) is 0 Å². The Morgan fingerprint density at radius 3 is 2.53 bits per heavy atom. The van der Waals surface area contributed by atoms with Gasteiger partial charge in [0.15, 0.2) is 12.4 Å². The highest BCUT2D eigenvalue weighted by Crippen LogP contribution is 2.23. The normalized spacial score (nSPS) is 14.0. The summed E-state index contributed by atoms with van der Waals surface area (Å²) in [6.45, 7) is 6.01. The van der Waals surface area contributed by atoms with Crippen LogP contribution < -0.4 is 15.0 Å². The van der Waals surface area contributed by atoms with E-state index in [2.05, 4.69) is 20.4 Å². The molecule has 1 saturated heterocycles. The third kappa shape index (κ3) is 5.63. The van der Waals surface area contributed by atoms with Crippen LogP contribution in [0.2, 0.25) is 0 Å². The number of hydrogen-bond donors (Lipinski definition) is 1. The number of carbonyl (C=O) groups is 1. The summed E-state index contributed by atoms with van der Waals surface area (Å²) in [5.41, 5.74) is 4.50. The monoisotopic (exact) mass is 430 g/mol. The van der Waals surface area contributed by atoms with Gasteiger partial charge in [-0.1, -0.05) is 37.1 Å². The predicted octanol–water partition coefficient (Wildman–Crippen LogP) is 5.16. The van der Waals surface area contributed by atoms with E-state index in [1.54, 1.807) is 0 Å². The summed E-state index contributed by atoms with van der Waals surface area (Å²) in [7, 11) is 0. The van der Waals surface area contributed by atoms with E-state index < -0.39 is 0 Å². The molecule has 6 nitrogen and oxygen atoms in total. The van der Waals surface area contributed by atoms with Crippen molar-refractivity contribution in [2.75, 3.05) is 29.9 Å². The third-order valence-electron chi connectivity index (χ3n) is 5.73. The summed E-state index contributed by atoms with van der Waals surface area (Å²) in [5, 5.41) is 11.8. The van der Waals surface area contributed by atoms with Crippen LogP contribution in [0.1, 0.15) is 36.8 Å². The summed E-state index contributed by atoms with van der Waals surface area (Å²) in [6, 6.07) is 17.6. The first-order chi connectivity index (χ1) is 15.6. The van der Waals surface area contributed by atoms with Gasteiger partial charge in [-0.3, -0.25) is 4.79 Å². The van der Waals surface area contributed by atoms with Crippen molar-refractivity contribution in [1.29, 1.82) is 0 Å². The van der Waals surface area contributed by atoms with Crippen LogP contribution in [0.4, 0.5) is 11.5 Å². The van der Waals surface area contributed by atoms with Crippen LogP contribution in [0, 0.1) is 13.8 Å². The Kier molecular flexibility index (Phi) is 7.00. The second-order valence-electron chi connectivity index (χ2n) is 8.36. The van der Waals surface area contributed by atoms with E-state index in [0.717, 1.165) is 47.0 Å². The number of anilines is 2. The van der Waals surface area contributed by atoms with Crippen LogP contribution in [0.15, 0.2) is 54.6 Å². The summed E-state index contributed by atoms with van der Waals surface area (Å²) >= 11 is 0. The van der Waals surface area contributed by atoms with Crippen molar-refractivity contribution in [2.45, 2.75) is 39.5 Å². The van der Waals surface area contributed by atoms with E-state index in [1.165, 1.54) is 25.7 Å². The van der Waals surface area contributed by atoms with Crippen molar-refractivity contribution in [3.8, 4) is 17.0 Å². The lowest BCUT2D eigenvalue weighted by atomic mass is 10.1. The molecule has 1 fully saturated rings. The number of nitrogens with zero attached hydrogens (tertiary/aromatic N) is 3. The molecule has 2 aromatic carbocycles. The van der Waals surface area contributed by atoms with Gasteiger partial charge < -0.3 is 15.0 Å². The maximum Gasteiger partial charge on any atom is 0.262 e. The number of aromatic nitrogens is 2. The van der Waals surface area contributed by atoms with Gasteiger partial charge in [0.25, 0.3) is 5.91 Å². The number of amides is 1. The number of rotatable bonds is 6. The summed E-state index contributed by atoms with van der Waals surface area (Å²) in [5.74, 6) is 1.46. The smallest absolute Gasteiger partial charge is 0.262 e. The van der Waals surface area contributed by atoms with Crippen molar-refractivity contribution in [1.82, 2.24) is 10.2 Å². The van der Waals surface area contributed by atoms with Gasteiger partial charge in [-0.05, 0) is 68.1 Å². The molecule has 32 heavy (non-hydrogen) atoms. The second kappa shape index (κ2) is 10.3. The molecule has 1 aromatic heterocycles. The van der Waals surface area contributed by atoms with Crippen molar-refractivity contribution >= 4 is 17.4 Å². The van der Waals surface area contributed by atoms with Crippen molar-refractivity contribution in [2.24, 2.45) is 0 Å². The molecule has 4 rings (SSSR count). The Morgan fingerprint density at radius 2 is 1.78 bits per heavy atom. The molecule has 0 saturated carbocycles. The van der Waals surface area contributed by atoms with Crippen LogP contribution in [0.5, 0.6) is 5.75 Å². The number of aryl methyl sites for hydroxylation is 2. The van der Waals surface area contributed by atoms with Gasteiger partial charge in [0, 0.05) is 24.3 Å². The summed E-state index contributed by atoms with van der Waals surface area (Å²) in [4.78, 5) is 14.7. The first-order valence-electron chi connectivity index (χ1n) is 11.3. The first-order valence-corrected chi connectivity index (χ1v) is 11.3. The molecular formula is C26H30N4O2. The third-order valence-corrected chi connectivity index (χ3v) is 5.73. The van der Waals surface area contributed by atoms with Gasteiger partial charge in [-0.25, -0.2) is 0 Å². The zero-order valence-electron chi connectivity index (χ0n) is 18.8. The molecule has 1 N–H and O–H groups in total. The van der Waals surface area contributed by atoms with Gasteiger partial charge in [0.05, 0.1) is 5.69 Å². The van der Waals surface area contributed by atoms with Crippen molar-refractivity contribution in [3.05, 3.63) is 65.7 Å². The second-order valence-corrected chi connectivity index (χ2v) is 8.36. The Hall–Kier alpha value is -3.41. The number of hydrogen-bond acceptors (Lipinski definition) is 5. The van der Waals surface area contributed by atoms with Gasteiger partial charge in [-0.2, -0.15) is 0 Å². The van der Waals surface area contributed by atoms with Crippen LogP contribution in [-0.2, 0) is 4.79 Å². The summed E-state index contributed by atoms with van der Waals surface area (Å²) < 4.78 is 5.71. The molecular weight excluding hydrogens is 400 g/mol. The molecule has 0 bridgehead atoms. The topological polar surface area (TPSA) is 67.3 Å². The molecule has 0 aliphatic carbocycles. The SMILES string of the molecule is Cc1ccc(C)c(OCC(=O)Nc2cccc(-c3ccc(N4CCCCCC4)nn3)c2)c1. The van der Waals surface area contributed by atoms with E-state index >= 15 is 0 Å². The summed E-state index contributed by atoms with van der Waals surface area (Å²) in [6.07, 6.45) is 4.99. The molecule has 0 unspecified atom stereocenters. The molecule has 0 radical (unpaired) electrons. The average Bonchev–Trinajstić information content (AvgIpc) is 3.10. The fraction of sp³-hybridized carbons (Fsp3) is 0.346.